The van der Waals surface area contributed by atoms with Crippen LogP contribution in [-0.2, 0) is 18.4 Å². The maximum Gasteiger partial charge on any atom is 0.329 e. The lowest BCUT2D eigenvalue weighted by atomic mass is 10.2. The van der Waals surface area contributed by atoms with E-state index in [9.17, 15) is 9.59 Å². The van der Waals surface area contributed by atoms with Crippen molar-refractivity contribution in [3.8, 4) is 0 Å². The summed E-state index contributed by atoms with van der Waals surface area (Å²) in [4.78, 5) is 26.7. The highest BCUT2D eigenvalue weighted by Crippen LogP contribution is 2.12. The second kappa shape index (κ2) is 5.37. The highest BCUT2D eigenvalue weighted by molar-refractivity contribution is 5.81. The highest BCUT2D eigenvalue weighted by atomic mass is 16.2. The van der Waals surface area contributed by atoms with Gasteiger partial charge in [-0.1, -0.05) is 12.1 Å². The molecule has 1 aromatic carbocycles. The summed E-state index contributed by atoms with van der Waals surface area (Å²) in [5.74, 6) is 0.00227. The number of imidazole rings is 1. The number of benzene rings is 1. The van der Waals surface area contributed by atoms with E-state index in [1.165, 1.54) is 0 Å². The Morgan fingerprint density at radius 1 is 1.33 bits per heavy atom. The number of nitrogens with zero attached hydrogens (tertiary/aromatic N) is 3. The molecule has 112 valence electrons. The molecule has 3 rings (SSSR count). The summed E-state index contributed by atoms with van der Waals surface area (Å²) >= 11 is 0. The van der Waals surface area contributed by atoms with Crippen molar-refractivity contribution in [1.29, 1.82) is 0 Å². The predicted octanol–water partition coefficient (Wildman–Crippen LogP) is 0.160. The van der Waals surface area contributed by atoms with Crippen LogP contribution in [0.5, 0.6) is 0 Å². The highest BCUT2D eigenvalue weighted by Gasteiger charge is 2.24. The summed E-state index contributed by atoms with van der Waals surface area (Å²) in [5, 5.41) is 3.26. The normalized spacial score (nSPS) is 19.1. The van der Waals surface area contributed by atoms with Crippen LogP contribution in [0.2, 0.25) is 0 Å². The van der Waals surface area contributed by atoms with Gasteiger partial charge in [0.05, 0.1) is 11.0 Å². The van der Waals surface area contributed by atoms with Gasteiger partial charge in [0.2, 0.25) is 5.91 Å². The number of para-hydroxylation sites is 2. The van der Waals surface area contributed by atoms with E-state index >= 15 is 0 Å². The Morgan fingerprint density at radius 2 is 2.05 bits per heavy atom. The molecule has 1 saturated heterocycles. The van der Waals surface area contributed by atoms with Crippen molar-refractivity contribution in [3.05, 3.63) is 34.7 Å². The van der Waals surface area contributed by atoms with Crippen molar-refractivity contribution >= 4 is 16.9 Å². The predicted molar refractivity (Wildman–Crippen MR) is 81.2 cm³/mol. The third-order valence-electron chi connectivity index (χ3n) is 4.17. The first-order valence-corrected chi connectivity index (χ1v) is 7.24. The molecule has 21 heavy (non-hydrogen) atoms. The Kier molecular flexibility index (Phi) is 3.55. The zero-order valence-electron chi connectivity index (χ0n) is 12.4. The molecule has 6 nitrogen and oxygen atoms in total. The van der Waals surface area contributed by atoms with Crippen LogP contribution in [0.4, 0.5) is 0 Å². The monoisotopic (exact) mass is 288 g/mol. The lowest BCUT2D eigenvalue weighted by molar-refractivity contribution is -0.134. The second-order valence-corrected chi connectivity index (χ2v) is 5.56. The Hall–Kier alpha value is -2.08. The summed E-state index contributed by atoms with van der Waals surface area (Å²) in [6.07, 6.45) is 0. The van der Waals surface area contributed by atoms with Crippen LogP contribution < -0.4 is 11.0 Å². The standard InChI is InChI=1S/C15H20N4O2/c1-11-9-16-7-8-18(11)14(20)10-19-13-6-4-3-5-12(13)17(2)15(19)21/h3-6,11,16H,7-10H2,1-2H3/t11-/m0/s1. The number of piperazine rings is 1. The summed E-state index contributed by atoms with van der Waals surface area (Å²) in [6, 6.07) is 7.72. The van der Waals surface area contributed by atoms with Crippen molar-refractivity contribution in [1.82, 2.24) is 19.4 Å². The molecule has 0 saturated carbocycles. The van der Waals surface area contributed by atoms with Crippen molar-refractivity contribution in [3.63, 3.8) is 0 Å². The van der Waals surface area contributed by atoms with E-state index in [2.05, 4.69) is 5.32 Å². The fourth-order valence-corrected chi connectivity index (χ4v) is 2.95. The Balaban J connectivity index is 1.93. The van der Waals surface area contributed by atoms with Gasteiger partial charge in [-0.15, -0.1) is 0 Å². The second-order valence-electron chi connectivity index (χ2n) is 5.56. The maximum atomic E-state index is 12.5. The van der Waals surface area contributed by atoms with E-state index in [0.717, 1.165) is 24.1 Å². The summed E-state index contributed by atoms with van der Waals surface area (Å²) in [7, 11) is 1.74. The molecule has 0 spiro atoms. The van der Waals surface area contributed by atoms with Gasteiger partial charge in [-0.05, 0) is 19.1 Å². The maximum absolute atomic E-state index is 12.5. The minimum Gasteiger partial charge on any atom is -0.336 e. The molecule has 2 heterocycles. The van der Waals surface area contributed by atoms with Gasteiger partial charge in [0.1, 0.15) is 6.54 Å². The van der Waals surface area contributed by atoms with E-state index in [0.29, 0.717) is 6.54 Å². The first kappa shape index (κ1) is 13.9. The zero-order chi connectivity index (χ0) is 15.0. The van der Waals surface area contributed by atoms with E-state index in [1.54, 1.807) is 16.2 Å². The lowest BCUT2D eigenvalue weighted by Gasteiger charge is -2.34. The minimum absolute atomic E-state index is 0.00227. The first-order chi connectivity index (χ1) is 10.1. The molecule has 0 bridgehead atoms. The third-order valence-corrected chi connectivity index (χ3v) is 4.17. The Labute approximate surface area is 123 Å². The average Bonchev–Trinajstić information content (AvgIpc) is 2.73. The average molecular weight is 288 g/mol. The van der Waals surface area contributed by atoms with Crippen LogP contribution in [-0.4, -0.2) is 45.6 Å². The fraction of sp³-hybridized carbons (Fsp3) is 0.467. The van der Waals surface area contributed by atoms with Gasteiger partial charge in [-0.2, -0.15) is 0 Å². The molecule has 0 radical (unpaired) electrons. The quantitative estimate of drug-likeness (QED) is 0.856. The molecule has 1 aliphatic heterocycles. The van der Waals surface area contributed by atoms with Crippen molar-refractivity contribution in [2.45, 2.75) is 19.5 Å². The number of fused-ring (bicyclic) bond motifs is 1. The number of carbonyl (C=O) groups is 1. The van der Waals surface area contributed by atoms with Gasteiger partial charge in [-0.25, -0.2) is 4.79 Å². The molecule has 1 aliphatic rings. The molecule has 0 aliphatic carbocycles. The number of carbonyl (C=O) groups excluding carboxylic acids is 1. The number of aryl methyl sites for hydroxylation is 1. The van der Waals surface area contributed by atoms with E-state index in [4.69, 9.17) is 0 Å². The number of rotatable bonds is 2. The lowest BCUT2D eigenvalue weighted by Crippen LogP contribution is -2.53. The van der Waals surface area contributed by atoms with Gasteiger partial charge in [0, 0.05) is 32.7 Å². The molecule has 0 unspecified atom stereocenters. The first-order valence-electron chi connectivity index (χ1n) is 7.24. The number of amides is 1. The molecule has 1 fully saturated rings. The Morgan fingerprint density at radius 3 is 2.76 bits per heavy atom. The van der Waals surface area contributed by atoms with Gasteiger partial charge in [0.15, 0.2) is 0 Å². The molecule has 1 atom stereocenters. The molecular weight excluding hydrogens is 268 g/mol. The number of aromatic nitrogens is 2. The summed E-state index contributed by atoms with van der Waals surface area (Å²) in [5.41, 5.74) is 1.51. The van der Waals surface area contributed by atoms with Gasteiger partial charge in [-0.3, -0.25) is 13.9 Å². The van der Waals surface area contributed by atoms with Crippen LogP contribution in [0.3, 0.4) is 0 Å². The van der Waals surface area contributed by atoms with Gasteiger partial charge >= 0.3 is 5.69 Å². The van der Waals surface area contributed by atoms with E-state index < -0.39 is 0 Å². The molecule has 2 aromatic rings. The molecule has 6 heteroatoms. The van der Waals surface area contributed by atoms with Crippen LogP contribution in [0.25, 0.3) is 11.0 Å². The molecular formula is C15H20N4O2. The Bertz CT molecular complexity index is 731. The summed E-state index contributed by atoms with van der Waals surface area (Å²) < 4.78 is 3.15. The van der Waals surface area contributed by atoms with E-state index in [1.807, 2.05) is 36.1 Å². The van der Waals surface area contributed by atoms with Crippen LogP contribution in [0.15, 0.2) is 29.1 Å². The number of hydrogen-bond donors (Lipinski definition) is 1. The molecule has 1 amide bonds. The zero-order valence-corrected chi connectivity index (χ0v) is 12.4. The molecule has 1 aromatic heterocycles. The van der Waals surface area contributed by atoms with Gasteiger partial charge < -0.3 is 10.2 Å². The third kappa shape index (κ3) is 2.35. The summed E-state index contributed by atoms with van der Waals surface area (Å²) in [6.45, 7) is 4.43. The SMILES string of the molecule is C[C@H]1CNCCN1C(=O)Cn1c(=O)n(C)c2ccccc21. The number of hydrogen-bond acceptors (Lipinski definition) is 3. The van der Waals surface area contributed by atoms with Crippen molar-refractivity contribution < 1.29 is 4.79 Å². The fourth-order valence-electron chi connectivity index (χ4n) is 2.95. The topological polar surface area (TPSA) is 59.3 Å². The van der Waals surface area contributed by atoms with Gasteiger partial charge in [0.25, 0.3) is 0 Å². The minimum atomic E-state index is -0.146. The van der Waals surface area contributed by atoms with Crippen molar-refractivity contribution in [2.75, 3.05) is 19.6 Å². The number of nitrogens with one attached hydrogen (secondary N) is 1. The van der Waals surface area contributed by atoms with Crippen LogP contribution in [0.1, 0.15) is 6.92 Å². The molecule has 1 N–H and O–H groups in total. The smallest absolute Gasteiger partial charge is 0.329 e. The van der Waals surface area contributed by atoms with E-state index in [-0.39, 0.29) is 24.2 Å². The van der Waals surface area contributed by atoms with Crippen molar-refractivity contribution in [2.24, 2.45) is 7.05 Å². The van der Waals surface area contributed by atoms with Crippen LogP contribution in [0, 0.1) is 0 Å². The van der Waals surface area contributed by atoms with Crippen LogP contribution >= 0.6 is 0 Å². The largest absolute Gasteiger partial charge is 0.336 e.